The topological polar surface area (TPSA) is 55.2 Å². The van der Waals surface area contributed by atoms with Crippen LogP contribution in [0.2, 0.25) is 15.1 Å². The number of anilines is 1. The zero-order valence-corrected chi connectivity index (χ0v) is 15.1. The molecule has 0 unspecified atom stereocenters. The van der Waals surface area contributed by atoms with E-state index in [0.29, 0.717) is 15.1 Å². The van der Waals surface area contributed by atoms with Crippen LogP contribution in [0.4, 0.5) is 11.4 Å². The average molecular weight is 396 g/mol. The number of hydrogen-bond acceptors (Lipinski definition) is 3. The fraction of sp³-hybridized carbons (Fsp3) is 0.222. The number of allylic oxidation sites excluding steroid dienone is 2. The molecule has 0 fully saturated rings. The van der Waals surface area contributed by atoms with E-state index in [1.54, 1.807) is 18.2 Å². The number of nitrogens with one attached hydrogen (secondary N) is 1. The third-order valence-electron chi connectivity index (χ3n) is 4.95. The van der Waals surface area contributed by atoms with Gasteiger partial charge in [0.2, 0.25) is 0 Å². The molecule has 2 aromatic carbocycles. The third-order valence-corrected chi connectivity index (χ3v) is 6.05. The van der Waals surface area contributed by atoms with E-state index in [4.69, 9.17) is 34.8 Å². The summed E-state index contributed by atoms with van der Waals surface area (Å²) in [6, 6.07) is 8.27. The number of nitrogens with zero attached hydrogens (tertiary/aromatic N) is 1. The van der Waals surface area contributed by atoms with Crippen molar-refractivity contribution in [3.8, 4) is 0 Å². The maximum Gasteiger partial charge on any atom is 0.269 e. The highest BCUT2D eigenvalue weighted by atomic mass is 35.5. The summed E-state index contributed by atoms with van der Waals surface area (Å²) in [5.41, 5.74) is 2.77. The summed E-state index contributed by atoms with van der Waals surface area (Å²) in [5.74, 6) is 0.362. The number of halogens is 3. The second-order valence-electron chi connectivity index (χ2n) is 6.27. The Bertz CT molecular complexity index is 896. The van der Waals surface area contributed by atoms with Gasteiger partial charge in [0.05, 0.1) is 31.7 Å². The van der Waals surface area contributed by atoms with Crippen LogP contribution < -0.4 is 5.32 Å². The Morgan fingerprint density at radius 1 is 1.12 bits per heavy atom. The van der Waals surface area contributed by atoms with Gasteiger partial charge in [-0.3, -0.25) is 10.1 Å². The molecule has 0 radical (unpaired) electrons. The largest absolute Gasteiger partial charge is 0.376 e. The van der Waals surface area contributed by atoms with Crippen LogP contribution >= 0.6 is 34.8 Å². The van der Waals surface area contributed by atoms with Gasteiger partial charge in [0, 0.05) is 23.6 Å². The van der Waals surface area contributed by atoms with Crippen LogP contribution in [0.25, 0.3) is 0 Å². The lowest BCUT2D eigenvalue weighted by Crippen LogP contribution is -2.29. The molecule has 1 heterocycles. The molecule has 2 aromatic rings. The number of fused-ring (bicyclic) bond motifs is 3. The van der Waals surface area contributed by atoms with E-state index in [2.05, 4.69) is 17.5 Å². The standard InChI is InChI=1S/C18H13Cl3N2O2/c19-13-8-14(20)18-15(16(13)21)11-2-1-3-12(11)17(22-18)9-4-6-10(7-5-9)23(24)25/h1-2,4-8,11-12,17,22H,3H2/t11-,12+,17+/m1/s1. The molecule has 0 amide bonds. The van der Waals surface area contributed by atoms with Crippen LogP contribution in [-0.4, -0.2) is 4.92 Å². The van der Waals surface area contributed by atoms with Crippen molar-refractivity contribution in [2.24, 2.45) is 5.92 Å². The molecule has 128 valence electrons. The highest BCUT2D eigenvalue weighted by molar-refractivity contribution is 6.44. The van der Waals surface area contributed by atoms with Crippen LogP contribution in [0, 0.1) is 16.0 Å². The molecule has 25 heavy (non-hydrogen) atoms. The van der Waals surface area contributed by atoms with Gasteiger partial charge in [0.25, 0.3) is 5.69 Å². The molecular formula is C18H13Cl3N2O2. The molecule has 1 aliphatic heterocycles. The lowest BCUT2D eigenvalue weighted by molar-refractivity contribution is -0.384. The van der Waals surface area contributed by atoms with E-state index in [1.807, 2.05) is 0 Å². The van der Waals surface area contributed by atoms with Crippen LogP contribution in [0.5, 0.6) is 0 Å². The van der Waals surface area contributed by atoms with Gasteiger partial charge in [-0.2, -0.15) is 0 Å². The fourth-order valence-corrected chi connectivity index (χ4v) is 4.60. The Morgan fingerprint density at radius 3 is 2.52 bits per heavy atom. The smallest absolute Gasteiger partial charge is 0.269 e. The van der Waals surface area contributed by atoms with E-state index in [9.17, 15) is 10.1 Å². The summed E-state index contributed by atoms with van der Waals surface area (Å²) >= 11 is 19.1. The molecule has 0 aromatic heterocycles. The number of nitro groups is 1. The Morgan fingerprint density at radius 2 is 1.84 bits per heavy atom. The maximum absolute atomic E-state index is 10.9. The number of nitro benzene ring substituents is 1. The SMILES string of the molecule is O=[N+]([O-])c1ccc([C@@H]2Nc3c(Cl)cc(Cl)c(Cl)c3[C@@H]3C=CC[C@@H]32)cc1. The number of rotatable bonds is 2. The van der Waals surface area contributed by atoms with E-state index < -0.39 is 4.92 Å². The van der Waals surface area contributed by atoms with Crippen LogP contribution in [-0.2, 0) is 0 Å². The first-order chi connectivity index (χ1) is 12.0. The molecular weight excluding hydrogens is 383 g/mol. The predicted octanol–water partition coefficient (Wildman–Crippen LogP) is 6.38. The minimum absolute atomic E-state index is 0.0111. The summed E-state index contributed by atoms with van der Waals surface area (Å²) < 4.78 is 0. The van der Waals surface area contributed by atoms with Crippen molar-refractivity contribution >= 4 is 46.2 Å². The molecule has 0 spiro atoms. The zero-order valence-electron chi connectivity index (χ0n) is 12.9. The van der Waals surface area contributed by atoms with Crippen LogP contribution in [0.15, 0.2) is 42.5 Å². The lowest BCUT2D eigenvalue weighted by Gasteiger charge is -2.38. The van der Waals surface area contributed by atoms with E-state index in [0.717, 1.165) is 23.2 Å². The Hall–Kier alpha value is -1.75. The van der Waals surface area contributed by atoms with Crippen molar-refractivity contribution in [2.75, 3.05) is 5.32 Å². The van der Waals surface area contributed by atoms with Crippen molar-refractivity contribution in [2.45, 2.75) is 18.4 Å². The van der Waals surface area contributed by atoms with Gasteiger partial charge in [0.15, 0.2) is 0 Å². The van der Waals surface area contributed by atoms with E-state index >= 15 is 0 Å². The van der Waals surface area contributed by atoms with Crippen molar-refractivity contribution in [1.29, 1.82) is 0 Å². The predicted molar refractivity (Wildman–Crippen MR) is 101 cm³/mol. The molecule has 3 atom stereocenters. The molecule has 0 saturated carbocycles. The summed E-state index contributed by atoms with van der Waals surface area (Å²) in [6.07, 6.45) is 5.16. The van der Waals surface area contributed by atoms with Gasteiger partial charge in [-0.05, 0) is 24.0 Å². The van der Waals surface area contributed by atoms with Gasteiger partial charge < -0.3 is 5.32 Å². The second-order valence-corrected chi connectivity index (χ2v) is 7.46. The van der Waals surface area contributed by atoms with Crippen molar-refractivity contribution < 1.29 is 4.92 Å². The van der Waals surface area contributed by atoms with Gasteiger partial charge in [-0.25, -0.2) is 0 Å². The summed E-state index contributed by atoms with van der Waals surface area (Å²) in [4.78, 5) is 10.5. The van der Waals surface area contributed by atoms with Crippen molar-refractivity contribution in [3.05, 3.63) is 78.8 Å². The van der Waals surface area contributed by atoms with Gasteiger partial charge in [-0.1, -0.05) is 59.1 Å². The summed E-state index contributed by atoms with van der Waals surface area (Å²) in [7, 11) is 0. The van der Waals surface area contributed by atoms with Gasteiger partial charge >= 0.3 is 0 Å². The first-order valence-corrected chi connectivity index (χ1v) is 8.95. The lowest BCUT2D eigenvalue weighted by atomic mass is 9.77. The zero-order chi connectivity index (χ0) is 17.7. The minimum Gasteiger partial charge on any atom is -0.376 e. The van der Waals surface area contributed by atoms with Gasteiger partial charge in [-0.15, -0.1) is 0 Å². The highest BCUT2D eigenvalue weighted by Gasteiger charge is 2.40. The maximum atomic E-state index is 10.9. The van der Waals surface area contributed by atoms with E-state index in [-0.39, 0.29) is 23.6 Å². The molecule has 0 saturated heterocycles. The monoisotopic (exact) mass is 394 g/mol. The Balaban J connectivity index is 1.80. The molecule has 0 bridgehead atoms. The van der Waals surface area contributed by atoms with Crippen LogP contribution in [0.1, 0.15) is 29.5 Å². The van der Waals surface area contributed by atoms with Crippen LogP contribution in [0.3, 0.4) is 0 Å². The van der Waals surface area contributed by atoms with E-state index in [1.165, 1.54) is 12.1 Å². The quantitative estimate of drug-likeness (QED) is 0.278. The first-order valence-electron chi connectivity index (χ1n) is 7.82. The molecule has 1 aliphatic carbocycles. The Kier molecular flexibility index (Phi) is 4.14. The molecule has 4 rings (SSSR count). The molecule has 1 N–H and O–H groups in total. The fourth-order valence-electron chi connectivity index (χ4n) is 3.80. The first kappa shape index (κ1) is 16.7. The summed E-state index contributed by atoms with van der Waals surface area (Å²) in [5, 5.41) is 15.9. The van der Waals surface area contributed by atoms with Crippen molar-refractivity contribution in [3.63, 3.8) is 0 Å². The number of non-ortho nitro benzene ring substituents is 1. The Labute approximate surface area is 159 Å². The molecule has 2 aliphatic rings. The second kappa shape index (κ2) is 6.20. The molecule has 4 nitrogen and oxygen atoms in total. The average Bonchev–Trinajstić information content (AvgIpc) is 3.08. The highest BCUT2D eigenvalue weighted by Crippen LogP contribution is 2.54. The number of benzene rings is 2. The normalized spacial score (nSPS) is 23.7. The summed E-state index contributed by atoms with van der Waals surface area (Å²) in [6.45, 7) is 0. The van der Waals surface area contributed by atoms with Crippen molar-refractivity contribution in [1.82, 2.24) is 0 Å². The number of hydrogen-bond donors (Lipinski definition) is 1. The molecule has 7 heteroatoms. The minimum atomic E-state index is -0.397. The third kappa shape index (κ3) is 2.69. The van der Waals surface area contributed by atoms with Gasteiger partial charge in [0.1, 0.15) is 0 Å².